The van der Waals surface area contributed by atoms with E-state index in [-0.39, 0.29) is 11.3 Å². The third-order valence-corrected chi connectivity index (χ3v) is 5.04. The lowest BCUT2D eigenvalue weighted by Gasteiger charge is -2.40. The van der Waals surface area contributed by atoms with E-state index in [1.54, 1.807) is 6.92 Å². The van der Waals surface area contributed by atoms with E-state index in [2.05, 4.69) is 12.2 Å². The van der Waals surface area contributed by atoms with Crippen LogP contribution in [0.2, 0.25) is 0 Å². The Hall–Kier alpha value is -1.10. The first-order valence-electron chi connectivity index (χ1n) is 7.17. The van der Waals surface area contributed by atoms with E-state index in [4.69, 9.17) is 0 Å². The topological polar surface area (TPSA) is 69.6 Å². The van der Waals surface area contributed by atoms with Gasteiger partial charge in [-0.1, -0.05) is 6.92 Å². The molecule has 2 heterocycles. The molecule has 5 heteroatoms. The van der Waals surface area contributed by atoms with Gasteiger partial charge in [-0.05, 0) is 39.2 Å². The smallest absolute Gasteiger partial charge is 0.309 e. The number of hydrogen-bond acceptors (Lipinski definition) is 3. The van der Waals surface area contributed by atoms with Crippen molar-refractivity contribution < 1.29 is 14.7 Å². The third kappa shape index (κ3) is 2.48. The predicted molar refractivity (Wildman–Crippen MR) is 71.8 cm³/mol. The fourth-order valence-corrected chi connectivity index (χ4v) is 3.13. The quantitative estimate of drug-likeness (QED) is 0.804. The van der Waals surface area contributed by atoms with Crippen LogP contribution >= 0.6 is 0 Å². The van der Waals surface area contributed by atoms with Crippen molar-refractivity contribution in [3.8, 4) is 0 Å². The van der Waals surface area contributed by atoms with E-state index in [1.807, 2.05) is 4.90 Å². The second-order valence-electron chi connectivity index (χ2n) is 6.22. The van der Waals surface area contributed by atoms with Crippen LogP contribution in [0.4, 0.5) is 0 Å². The first kappa shape index (κ1) is 14.3. The summed E-state index contributed by atoms with van der Waals surface area (Å²) in [6.07, 6.45) is 2.86. The number of carboxylic acid groups (broad SMARTS) is 1. The molecule has 0 spiro atoms. The molecule has 2 N–H and O–H groups in total. The summed E-state index contributed by atoms with van der Waals surface area (Å²) in [7, 11) is 0. The fourth-order valence-electron chi connectivity index (χ4n) is 3.13. The summed E-state index contributed by atoms with van der Waals surface area (Å²) < 4.78 is 0. The summed E-state index contributed by atoms with van der Waals surface area (Å²) >= 11 is 0. The Morgan fingerprint density at radius 3 is 2.32 bits per heavy atom. The highest BCUT2D eigenvalue weighted by Gasteiger charge is 2.45. The van der Waals surface area contributed by atoms with Gasteiger partial charge in [-0.3, -0.25) is 9.59 Å². The number of hydrogen-bond donors (Lipinski definition) is 2. The zero-order valence-corrected chi connectivity index (χ0v) is 11.9. The minimum atomic E-state index is -0.743. The van der Waals surface area contributed by atoms with E-state index >= 15 is 0 Å². The van der Waals surface area contributed by atoms with Gasteiger partial charge in [0.05, 0.1) is 10.8 Å². The molecule has 0 saturated carbocycles. The third-order valence-electron chi connectivity index (χ3n) is 5.04. The van der Waals surface area contributed by atoms with Gasteiger partial charge in [-0.25, -0.2) is 0 Å². The number of carbonyl (C=O) groups excluding carboxylic acids is 1. The highest BCUT2D eigenvalue weighted by Crippen LogP contribution is 2.36. The Labute approximate surface area is 114 Å². The maximum Gasteiger partial charge on any atom is 0.309 e. The first-order valence-corrected chi connectivity index (χ1v) is 7.17. The van der Waals surface area contributed by atoms with E-state index in [9.17, 15) is 14.7 Å². The molecule has 19 heavy (non-hydrogen) atoms. The Kier molecular flexibility index (Phi) is 3.85. The van der Waals surface area contributed by atoms with Crippen LogP contribution in [0.15, 0.2) is 0 Å². The number of nitrogens with zero attached hydrogens (tertiary/aromatic N) is 1. The number of amides is 1. The zero-order chi connectivity index (χ0) is 14.1. The van der Waals surface area contributed by atoms with Crippen LogP contribution in [-0.2, 0) is 9.59 Å². The van der Waals surface area contributed by atoms with Crippen molar-refractivity contribution in [3.05, 3.63) is 0 Å². The lowest BCUT2D eigenvalue weighted by Crippen LogP contribution is -2.51. The van der Waals surface area contributed by atoms with E-state index in [0.29, 0.717) is 25.9 Å². The van der Waals surface area contributed by atoms with Crippen LogP contribution in [0.25, 0.3) is 0 Å². The highest BCUT2D eigenvalue weighted by atomic mass is 16.4. The van der Waals surface area contributed by atoms with Gasteiger partial charge in [-0.15, -0.1) is 0 Å². The summed E-state index contributed by atoms with van der Waals surface area (Å²) in [5.74, 6) is -0.528. The molecular weight excluding hydrogens is 244 g/mol. The monoisotopic (exact) mass is 268 g/mol. The largest absolute Gasteiger partial charge is 0.481 e. The van der Waals surface area contributed by atoms with Crippen LogP contribution in [0.5, 0.6) is 0 Å². The van der Waals surface area contributed by atoms with E-state index in [0.717, 1.165) is 25.9 Å². The summed E-state index contributed by atoms with van der Waals surface area (Å²) in [6, 6.07) is 0. The number of likely N-dealkylation sites (tertiary alicyclic amines) is 1. The van der Waals surface area contributed by atoms with Crippen LogP contribution in [0, 0.1) is 10.8 Å². The van der Waals surface area contributed by atoms with Gasteiger partial charge in [0.25, 0.3) is 0 Å². The van der Waals surface area contributed by atoms with Crippen LogP contribution in [0.1, 0.15) is 39.5 Å². The maximum atomic E-state index is 12.7. The van der Waals surface area contributed by atoms with Gasteiger partial charge in [0.15, 0.2) is 0 Å². The number of nitrogens with one attached hydrogen (secondary N) is 1. The molecular formula is C14H24N2O3. The number of piperidine rings is 1. The molecule has 0 aromatic rings. The molecule has 0 aliphatic carbocycles. The summed E-state index contributed by atoms with van der Waals surface area (Å²) in [5, 5.41) is 12.5. The SMILES string of the molecule is CCC1(C(=O)N2CCC(C)(C(=O)O)CC2)CCNC1. The zero-order valence-electron chi connectivity index (χ0n) is 11.9. The standard InChI is InChI=1S/C14H24N2O3/c1-3-14(4-7-15-10-14)11(17)16-8-5-13(2,6-9-16)12(18)19/h15H,3-10H2,1-2H3,(H,18,19). The average Bonchev–Trinajstić information content (AvgIpc) is 2.88. The van der Waals surface area contributed by atoms with Crippen molar-refractivity contribution in [2.75, 3.05) is 26.2 Å². The van der Waals surface area contributed by atoms with Crippen molar-refractivity contribution in [3.63, 3.8) is 0 Å². The second kappa shape index (κ2) is 5.12. The number of carboxylic acids is 1. The number of carbonyl (C=O) groups is 2. The molecule has 1 atom stereocenters. The van der Waals surface area contributed by atoms with Crippen molar-refractivity contribution in [2.45, 2.75) is 39.5 Å². The molecule has 0 bridgehead atoms. The lowest BCUT2D eigenvalue weighted by molar-refractivity contribution is -0.155. The molecule has 108 valence electrons. The molecule has 1 unspecified atom stereocenters. The number of aliphatic carboxylic acids is 1. The highest BCUT2D eigenvalue weighted by molar-refractivity contribution is 5.84. The van der Waals surface area contributed by atoms with Crippen molar-refractivity contribution in [1.82, 2.24) is 10.2 Å². The molecule has 0 aromatic heterocycles. The summed E-state index contributed by atoms with van der Waals surface area (Å²) in [6.45, 7) is 6.65. The average molecular weight is 268 g/mol. The number of rotatable bonds is 3. The van der Waals surface area contributed by atoms with Gasteiger partial charge in [0.2, 0.25) is 5.91 Å². The van der Waals surface area contributed by atoms with Crippen molar-refractivity contribution >= 4 is 11.9 Å². The predicted octanol–water partition coefficient (Wildman–Crippen LogP) is 1.09. The molecule has 1 amide bonds. The Balaban J connectivity index is 2.01. The van der Waals surface area contributed by atoms with Gasteiger partial charge in [0, 0.05) is 19.6 Å². The second-order valence-corrected chi connectivity index (χ2v) is 6.22. The minimum Gasteiger partial charge on any atom is -0.481 e. The van der Waals surface area contributed by atoms with Crippen molar-refractivity contribution in [1.29, 1.82) is 0 Å². The van der Waals surface area contributed by atoms with Crippen LogP contribution in [-0.4, -0.2) is 48.1 Å². The van der Waals surface area contributed by atoms with Crippen LogP contribution < -0.4 is 5.32 Å². The van der Waals surface area contributed by atoms with Crippen molar-refractivity contribution in [2.24, 2.45) is 10.8 Å². The Morgan fingerprint density at radius 1 is 1.26 bits per heavy atom. The summed E-state index contributed by atoms with van der Waals surface area (Å²) in [4.78, 5) is 25.8. The van der Waals surface area contributed by atoms with Gasteiger partial charge in [0.1, 0.15) is 0 Å². The van der Waals surface area contributed by atoms with Gasteiger partial charge in [-0.2, -0.15) is 0 Å². The summed E-state index contributed by atoms with van der Waals surface area (Å²) in [5.41, 5.74) is -0.916. The molecule has 2 aliphatic rings. The first-order chi connectivity index (χ1) is 8.93. The van der Waals surface area contributed by atoms with E-state index < -0.39 is 11.4 Å². The minimum absolute atomic E-state index is 0.215. The molecule has 5 nitrogen and oxygen atoms in total. The van der Waals surface area contributed by atoms with Gasteiger partial charge >= 0.3 is 5.97 Å². The molecule has 0 radical (unpaired) electrons. The lowest BCUT2D eigenvalue weighted by atomic mass is 9.78. The van der Waals surface area contributed by atoms with Gasteiger partial charge < -0.3 is 15.3 Å². The Bertz CT molecular complexity index is 367. The molecule has 0 aromatic carbocycles. The van der Waals surface area contributed by atoms with Crippen LogP contribution in [0.3, 0.4) is 0 Å². The molecule has 2 saturated heterocycles. The molecule has 2 fully saturated rings. The molecule has 2 aliphatic heterocycles. The molecule has 2 rings (SSSR count). The van der Waals surface area contributed by atoms with E-state index in [1.165, 1.54) is 0 Å². The maximum absolute atomic E-state index is 12.7. The Morgan fingerprint density at radius 2 is 1.89 bits per heavy atom. The normalized spacial score (nSPS) is 30.3. The fraction of sp³-hybridized carbons (Fsp3) is 0.857.